The second-order valence-electron chi connectivity index (χ2n) is 13.7. The standard InChI is InChI=1S/C32H53ClO6/c1-22(19-37-27(34)29(3,4)5)14-13-15-23(2)26(33)18-32(11)17-16-24(31(9,10)39-21-36-12)25(32)20-38-28(35)30(6,7)8/h14,26H,2,13,15-21H2,1,3-12H3/b22-14+/t26?,32-/m0/s1. The maximum absolute atomic E-state index is 12.6. The zero-order valence-electron chi connectivity index (χ0n) is 26.3. The molecule has 0 aliphatic heterocycles. The first kappa shape index (κ1) is 35.4. The van der Waals surface area contributed by atoms with Gasteiger partial charge in [0.05, 0.1) is 21.8 Å². The van der Waals surface area contributed by atoms with Crippen LogP contribution in [0.1, 0.15) is 101 Å². The number of hydrogen-bond acceptors (Lipinski definition) is 6. The van der Waals surface area contributed by atoms with Crippen molar-refractivity contribution in [2.75, 3.05) is 27.1 Å². The van der Waals surface area contributed by atoms with Crippen LogP contribution in [0.25, 0.3) is 0 Å². The van der Waals surface area contributed by atoms with E-state index in [-0.39, 0.29) is 42.7 Å². The Morgan fingerprint density at radius 1 is 1.05 bits per heavy atom. The van der Waals surface area contributed by atoms with Gasteiger partial charge >= 0.3 is 11.9 Å². The number of carbonyl (C=O) groups excluding carboxylic acids is 2. The summed E-state index contributed by atoms with van der Waals surface area (Å²) in [5.74, 6) is -0.445. The topological polar surface area (TPSA) is 71.1 Å². The Morgan fingerprint density at radius 2 is 1.62 bits per heavy atom. The molecule has 0 bridgehead atoms. The number of halogens is 1. The van der Waals surface area contributed by atoms with E-state index in [2.05, 4.69) is 19.6 Å². The molecular formula is C32H53ClO6. The third kappa shape index (κ3) is 11.0. The number of methoxy groups -OCH3 is 1. The van der Waals surface area contributed by atoms with Crippen molar-refractivity contribution in [3.8, 4) is 0 Å². The van der Waals surface area contributed by atoms with Gasteiger partial charge in [0.25, 0.3) is 0 Å². The molecule has 1 aliphatic rings. The summed E-state index contributed by atoms with van der Waals surface area (Å²) >= 11 is 6.94. The van der Waals surface area contributed by atoms with E-state index in [1.807, 2.05) is 62.3 Å². The van der Waals surface area contributed by atoms with Gasteiger partial charge in [-0.25, -0.2) is 0 Å². The molecule has 1 aliphatic carbocycles. The van der Waals surface area contributed by atoms with E-state index in [1.54, 1.807) is 7.11 Å². The van der Waals surface area contributed by atoms with Crippen LogP contribution < -0.4 is 0 Å². The van der Waals surface area contributed by atoms with Gasteiger partial charge in [0.2, 0.25) is 0 Å². The molecule has 0 amide bonds. The van der Waals surface area contributed by atoms with E-state index in [0.717, 1.165) is 48.0 Å². The predicted octanol–water partition coefficient (Wildman–Crippen LogP) is 7.94. The van der Waals surface area contributed by atoms with Gasteiger partial charge < -0.3 is 18.9 Å². The summed E-state index contributed by atoms with van der Waals surface area (Å²) in [6, 6.07) is 0. The third-order valence-corrected chi connectivity index (χ3v) is 7.78. The lowest BCUT2D eigenvalue weighted by atomic mass is 9.77. The van der Waals surface area contributed by atoms with E-state index >= 15 is 0 Å². The summed E-state index contributed by atoms with van der Waals surface area (Å²) in [6.07, 6.45) is 5.99. The Labute approximate surface area is 242 Å². The fraction of sp³-hybridized carbons (Fsp3) is 0.750. The molecule has 0 aromatic heterocycles. The summed E-state index contributed by atoms with van der Waals surface area (Å²) in [5.41, 5.74) is 2.26. The zero-order valence-corrected chi connectivity index (χ0v) is 27.1. The maximum Gasteiger partial charge on any atom is 0.311 e. The molecule has 2 atom stereocenters. The minimum Gasteiger partial charge on any atom is -0.461 e. The molecule has 0 heterocycles. The molecule has 0 aromatic rings. The maximum atomic E-state index is 12.6. The Kier molecular flexibility index (Phi) is 13.0. The summed E-state index contributed by atoms with van der Waals surface area (Å²) in [5, 5.41) is -0.238. The van der Waals surface area contributed by atoms with Crippen LogP contribution in [0.5, 0.6) is 0 Å². The molecule has 0 spiro atoms. The van der Waals surface area contributed by atoms with E-state index in [1.165, 1.54) is 0 Å². The van der Waals surface area contributed by atoms with Crippen molar-refractivity contribution in [2.45, 2.75) is 112 Å². The van der Waals surface area contributed by atoms with Crippen LogP contribution in [0, 0.1) is 16.2 Å². The average molecular weight is 569 g/mol. The van der Waals surface area contributed by atoms with Crippen molar-refractivity contribution in [1.82, 2.24) is 0 Å². The first-order valence-corrected chi connectivity index (χ1v) is 14.4. The first-order valence-electron chi connectivity index (χ1n) is 13.9. The van der Waals surface area contributed by atoms with E-state index < -0.39 is 16.4 Å². The van der Waals surface area contributed by atoms with Crippen LogP contribution in [0.3, 0.4) is 0 Å². The van der Waals surface area contributed by atoms with Crippen molar-refractivity contribution >= 4 is 23.5 Å². The number of ether oxygens (including phenoxy) is 4. The van der Waals surface area contributed by atoms with Gasteiger partial charge in [-0.2, -0.15) is 0 Å². The van der Waals surface area contributed by atoms with Crippen molar-refractivity contribution < 1.29 is 28.5 Å². The lowest BCUT2D eigenvalue weighted by Gasteiger charge is -2.34. The molecule has 7 heteroatoms. The fourth-order valence-corrected chi connectivity index (χ4v) is 4.97. The first-order chi connectivity index (χ1) is 17.7. The highest BCUT2D eigenvalue weighted by molar-refractivity contribution is 6.22. The Morgan fingerprint density at radius 3 is 2.15 bits per heavy atom. The molecule has 0 radical (unpaired) electrons. The molecule has 0 saturated heterocycles. The van der Waals surface area contributed by atoms with Gasteiger partial charge in [-0.1, -0.05) is 25.2 Å². The molecule has 0 N–H and O–H groups in total. The number of allylic oxidation sites excluding steroid dienone is 2. The van der Waals surface area contributed by atoms with Crippen LogP contribution in [0.2, 0.25) is 0 Å². The van der Waals surface area contributed by atoms with Crippen LogP contribution in [-0.4, -0.2) is 50.0 Å². The molecule has 0 aromatic carbocycles. The minimum atomic E-state index is -0.585. The second-order valence-corrected chi connectivity index (χ2v) is 14.2. The number of esters is 2. The van der Waals surface area contributed by atoms with Crippen molar-refractivity contribution in [3.63, 3.8) is 0 Å². The van der Waals surface area contributed by atoms with Crippen LogP contribution in [0.4, 0.5) is 0 Å². The smallest absolute Gasteiger partial charge is 0.311 e. The number of carbonyl (C=O) groups is 2. The lowest BCUT2D eigenvalue weighted by Crippen LogP contribution is -2.32. The van der Waals surface area contributed by atoms with E-state index in [4.69, 9.17) is 30.5 Å². The van der Waals surface area contributed by atoms with Crippen molar-refractivity contribution in [1.29, 1.82) is 0 Å². The molecule has 1 unspecified atom stereocenters. The molecule has 224 valence electrons. The summed E-state index contributed by atoms with van der Waals surface area (Å²) in [4.78, 5) is 24.6. The van der Waals surface area contributed by atoms with Crippen LogP contribution in [-0.2, 0) is 28.5 Å². The lowest BCUT2D eigenvalue weighted by molar-refractivity contribution is -0.152. The van der Waals surface area contributed by atoms with E-state index in [0.29, 0.717) is 6.42 Å². The monoisotopic (exact) mass is 568 g/mol. The summed E-state index contributed by atoms with van der Waals surface area (Å²) < 4.78 is 22.4. The van der Waals surface area contributed by atoms with Crippen molar-refractivity contribution in [2.24, 2.45) is 16.2 Å². The normalized spacial score (nSPS) is 19.7. The van der Waals surface area contributed by atoms with Gasteiger partial charge in [-0.3, -0.25) is 9.59 Å². The van der Waals surface area contributed by atoms with Gasteiger partial charge in [-0.15, -0.1) is 11.6 Å². The van der Waals surface area contributed by atoms with Gasteiger partial charge in [0.1, 0.15) is 20.0 Å². The Hall–Kier alpha value is -1.63. The molecule has 0 saturated carbocycles. The summed E-state index contributed by atoms with van der Waals surface area (Å²) in [6.45, 7) is 24.3. The largest absolute Gasteiger partial charge is 0.461 e. The highest BCUT2D eigenvalue weighted by Crippen LogP contribution is 2.51. The van der Waals surface area contributed by atoms with Gasteiger partial charge in [0, 0.05) is 7.11 Å². The highest BCUT2D eigenvalue weighted by Gasteiger charge is 2.44. The molecule has 6 nitrogen and oxygen atoms in total. The summed E-state index contributed by atoms with van der Waals surface area (Å²) in [7, 11) is 1.61. The fourth-order valence-electron chi connectivity index (χ4n) is 4.52. The van der Waals surface area contributed by atoms with Crippen LogP contribution >= 0.6 is 11.6 Å². The molecule has 0 fully saturated rings. The van der Waals surface area contributed by atoms with Crippen molar-refractivity contribution in [3.05, 3.63) is 34.9 Å². The third-order valence-electron chi connectivity index (χ3n) is 7.32. The molecular weight excluding hydrogens is 516 g/mol. The van der Waals surface area contributed by atoms with Gasteiger partial charge in [0.15, 0.2) is 0 Å². The number of hydrogen-bond donors (Lipinski definition) is 0. The van der Waals surface area contributed by atoms with E-state index in [9.17, 15) is 9.59 Å². The zero-order chi connectivity index (χ0) is 30.2. The van der Waals surface area contributed by atoms with Crippen LogP contribution in [0.15, 0.2) is 34.9 Å². The molecule has 1 rings (SSSR count). The SMILES string of the molecule is C=C(CC/C=C(\C)COC(=O)C(C)(C)C)C(Cl)C[C@]1(C)CCC(C(C)(C)OCOC)=C1COC(=O)C(C)(C)C. The highest BCUT2D eigenvalue weighted by atomic mass is 35.5. The Bertz CT molecular complexity index is 931. The second kappa shape index (κ2) is 14.3. The minimum absolute atomic E-state index is 0.180. The number of alkyl halides is 1. The number of rotatable bonds is 14. The van der Waals surface area contributed by atoms with Gasteiger partial charge in [-0.05, 0) is 117 Å². The Balaban J connectivity index is 2.95. The quantitative estimate of drug-likeness (QED) is 0.0916. The molecule has 39 heavy (non-hydrogen) atoms. The predicted molar refractivity (Wildman–Crippen MR) is 159 cm³/mol. The average Bonchev–Trinajstić information content (AvgIpc) is 3.14.